The number of carbonyl (C=O) groups excluding carboxylic acids is 2. The number of anilines is 1. The first-order valence-corrected chi connectivity index (χ1v) is 9.94. The first kappa shape index (κ1) is 18.6. The molecule has 0 radical (unpaired) electrons. The first-order chi connectivity index (χ1) is 13.5. The molecule has 0 aliphatic carbocycles. The van der Waals surface area contributed by atoms with Crippen LogP contribution in [-0.2, 0) is 4.79 Å². The van der Waals surface area contributed by atoms with Crippen LogP contribution in [0.5, 0.6) is 5.75 Å². The van der Waals surface area contributed by atoms with Gasteiger partial charge in [0.1, 0.15) is 17.3 Å². The number of thioether (sulfide) groups is 1. The fourth-order valence-electron chi connectivity index (χ4n) is 2.75. The third-order valence-corrected chi connectivity index (χ3v) is 5.55. The summed E-state index contributed by atoms with van der Waals surface area (Å²) in [5.41, 5.74) is 1.43. The van der Waals surface area contributed by atoms with Crippen molar-refractivity contribution >= 4 is 50.6 Å². The molecule has 0 atom stereocenters. The maximum Gasteiger partial charge on any atom is 0.298 e. The number of furan rings is 1. The standard InChI is InChI=1S/C21H14BrNO4S/c1-26-16-8-6-15(7-9-16)23-20(24)19(28-21(23)25)12-17-10-11-18(27-17)13-2-4-14(22)5-3-13/h2-12H,1H3/b19-12+. The average molecular weight is 456 g/mol. The minimum atomic E-state index is -0.373. The van der Waals surface area contributed by atoms with Crippen molar-refractivity contribution < 1.29 is 18.7 Å². The largest absolute Gasteiger partial charge is 0.497 e. The van der Waals surface area contributed by atoms with Crippen molar-refractivity contribution in [3.63, 3.8) is 0 Å². The molecule has 2 heterocycles. The van der Waals surface area contributed by atoms with Gasteiger partial charge < -0.3 is 9.15 Å². The molecule has 1 aliphatic heterocycles. The number of hydrogen-bond donors (Lipinski definition) is 0. The molecule has 2 aromatic carbocycles. The zero-order valence-electron chi connectivity index (χ0n) is 14.7. The Labute approximate surface area is 174 Å². The molecule has 7 heteroatoms. The SMILES string of the molecule is COc1ccc(N2C(=O)S/C(=C/c3ccc(-c4ccc(Br)cc4)o3)C2=O)cc1. The van der Waals surface area contributed by atoms with Crippen molar-refractivity contribution in [2.75, 3.05) is 12.0 Å². The smallest absolute Gasteiger partial charge is 0.298 e. The monoisotopic (exact) mass is 455 g/mol. The number of carbonyl (C=O) groups is 2. The van der Waals surface area contributed by atoms with Gasteiger partial charge in [-0.2, -0.15) is 0 Å². The normalized spacial score (nSPS) is 15.5. The van der Waals surface area contributed by atoms with Gasteiger partial charge in [0.2, 0.25) is 0 Å². The van der Waals surface area contributed by atoms with E-state index in [2.05, 4.69) is 15.9 Å². The third-order valence-electron chi connectivity index (χ3n) is 4.15. The number of rotatable bonds is 4. The quantitative estimate of drug-likeness (QED) is 0.454. The summed E-state index contributed by atoms with van der Waals surface area (Å²) in [6, 6.07) is 18.1. The number of hydrogen-bond acceptors (Lipinski definition) is 5. The molecular weight excluding hydrogens is 442 g/mol. The Balaban J connectivity index is 1.58. The molecule has 1 aliphatic rings. The van der Waals surface area contributed by atoms with Crippen molar-refractivity contribution in [3.8, 4) is 17.1 Å². The zero-order valence-corrected chi connectivity index (χ0v) is 17.1. The minimum Gasteiger partial charge on any atom is -0.497 e. The summed E-state index contributed by atoms with van der Waals surface area (Å²) in [5.74, 6) is 1.48. The Morgan fingerprint density at radius 1 is 1.00 bits per heavy atom. The highest BCUT2D eigenvalue weighted by Gasteiger charge is 2.36. The van der Waals surface area contributed by atoms with Crippen molar-refractivity contribution in [1.82, 2.24) is 0 Å². The van der Waals surface area contributed by atoms with Crippen LogP contribution < -0.4 is 9.64 Å². The Kier molecular flexibility index (Phi) is 5.11. The molecule has 140 valence electrons. The maximum absolute atomic E-state index is 12.7. The van der Waals surface area contributed by atoms with Crippen LogP contribution in [0.15, 0.2) is 74.5 Å². The molecule has 0 spiro atoms. The van der Waals surface area contributed by atoms with Gasteiger partial charge in [0.25, 0.3) is 11.1 Å². The number of nitrogens with zero attached hydrogens (tertiary/aromatic N) is 1. The van der Waals surface area contributed by atoms with Crippen LogP contribution in [0, 0.1) is 0 Å². The van der Waals surface area contributed by atoms with Crippen molar-refractivity contribution in [2.45, 2.75) is 0 Å². The van der Waals surface area contributed by atoms with Crippen molar-refractivity contribution in [1.29, 1.82) is 0 Å². The van der Waals surface area contributed by atoms with Crippen molar-refractivity contribution in [2.24, 2.45) is 0 Å². The average Bonchev–Trinajstić information content (AvgIpc) is 3.27. The first-order valence-electron chi connectivity index (χ1n) is 8.33. The summed E-state index contributed by atoms with van der Waals surface area (Å²) in [7, 11) is 1.56. The van der Waals surface area contributed by atoms with Crippen LogP contribution in [-0.4, -0.2) is 18.3 Å². The van der Waals surface area contributed by atoms with E-state index < -0.39 is 0 Å². The Morgan fingerprint density at radius 2 is 1.71 bits per heavy atom. The van der Waals surface area contributed by atoms with Crippen LogP contribution in [0.25, 0.3) is 17.4 Å². The minimum absolute atomic E-state index is 0.317. The summed E-state index contributed by atoms with van der Waals surface area (Å²) in [4.78, 5) is 26.6. The highest BCUT2D eigenvalue weighted by molar-refractivity contribution is 9.10. The second kappa shape index (κ2) is 7.69. The van der Waals surface area contributed by atoms with E-state index in [9.17, 15) is 9.59 Å². The van der Waals surface area contributed by atoms with E-state index in [4.69, 9.17) is 9.15 Å². The van der Waals surface area contributed by atoms with Gasteiger partial charge >= 0.3 is 0 Å². The number of amides is 2. The third kappa shape index (κ3) is 3.63. The predicted octanol–water partition coefficient (Wildman–Crippen LogP) is 5.96. The van der Waals surface area contributed by atoms with E-state index in [1.165, 1.54) is 0 Å². The van der Waals surface area contributed by atoms with Gasteiger partial charge in [-0.1, -0.05) is 28.1 Å². The second-order valence-corrected chi connectivity index (χ2v) is 7.83. The Bertz CT molecular complexity index is 1070. The van der Waals surface area contributed by atoms with Gasteiger partial charge in [0, 0.05) is 16.1 Å². The van der Waals surface area contributed by atoms with Gasteiger partial charge in [-0.15, -0.1) is 0 Å². The zero-order chi connectivity index (χ0) is 19.7. The molecule has 4 rings (SSSR count). The van der Waals surface area contributed by atoms with Crippen LogP contribution in [0.1, 0.15) is 5.76 Å². The molecule has 1 aromatic heterocycles. The highest BCUT2D eigenvalue weighted by Crippen LogP contribution is 2.36. The molecule has 0 saturated carbocycles. The van der Waals surface area contributed by atoms with Gasteiger partial charge in [0.15, 0.2) is 0 Å². The van der Waals surface area contributed by atoms with E-state index in [1.54, 1.807) is 43.5 Å². The summed E-state index contributed by atoms with van der Waals surface area (Å²) in [6.07, 6.45) is 1.59. The van der Waals surface area contributed by atoms with Gasteiger partial charge in [-0.05, 0) is 60.3 Å². The molecule has 28 heavy (non-hydrogen) atoms. The maximum atomic E-state index is 12.7. The Morgan fingerprint density at radius 3 is 2.39 bits per heavy atom. The lowest BCUT2D eigenvalue weighted by atomic mass is 10.2. The van der Waals surface area contributed by atoms with Crippen LogP contribution in [0.3, 0.4) is 0 Å². The van der Waals surface area contributed by atoms with Crippen LogP contribution in [0.2, 0.25) is 0 Å². The molecule has 5 nitrogen and oxygen atoms in total. The topological polar surface area (TPSA) is 59.8 Å². The lowest BCUT2D eigenvalue weighted by molar-refractivity contribution is -0.113. The summed E-state index contributed by atoms with van der Waals surface area (Å²) >= 11 is 4.29. The molecule has 2 amide bonds. The Hall–Kier alpha value is -2.77. The molecule has 0 unspecified atom stereocenters. The number of benzene rings is 2. The van der Waals surface area contributed by atoms with Gasteiger partial charge in [-0.25, -0.2) is 4.90 Å². The van der Waals surface area contributed by atoms with E-state index in [0.29, 0.717) is 27.9 Å². The number of ether oxygens (including phenoxy) is 1. The molecule has 0 N–H and O–H groups in total. The summed E-state index contributed by atoms with van der Waals surface area (Å²) < 4.78 is 11.9. The van der Waals surface area contributed by atoms with Crippen LogP contribution >= 0.6 is 27.7 Å². The molecule has 1 fully saturated rings. The summed E-state index contributed by atoms with van der Waals surface area (Å²) in [5, 5.41) is -0.346. The van der Waals surface area contributed by atoms with E-state index in [0.717, 1.165) is 26.7 Å². The number of methoxy groups -OCH3 is 1. The van der Waals surface area contributed by atoms with E-state index in [1.807, 2.05) is 30.3 Å². The summed E-state index contributed by atoms with van der Waals surface area (Å²) in [6.45, 7) is 0. The predicted molar refractivity (Wildman–Crippen MR) is 113 cm³/mol. The highest BCUT2D eigenvalue weighted by atomic mass is 79.9. The fraction of sp³-hybridized carbons (Fsp3) is 0.0476. The van der Waals surface area contributed by atoms with Gasteiger partial charge in [0.05, 0.1) is 17.7 Å². The lowest BCUT2D eigenvalue weighted by Crippen LogP contribution is -2.27. The van der Waals surface area contributed by atoms with Crippen molar-refractivity contribution in [3.05, 3.63) is 75.8 Å². The second-order valence-electron chi connectivity index (χ2n) is 5.92. The van der Waals surface area contributed by atoms with E-state index >= 15 is 0 Å². The molecule has 1 saturated heterocycles. The van der Waals surface area contributed by atoms with E-state index in [-0.39, 0.29) is 11.1 Å². The van der Waals surface area contributed by atoms with Gasteiger partial charge in [-0.3, -0.25) is 9.59 Å². The molecule has 3 aromatic rings. The lowest BCUT2D eigenvalue weighted by Gasteiger charge is -2.12. The number of imide groups is 1. The molecular formula is C21H14BrNO4S. The molecule has 0 bridgehead atoms. The number of halogens is 1. The van der Waals surface area contributed by atoms with Crippen LogP contribution in [0.4, 0.5) is 10.5 Å². The fourth-order valence-corrected chi connectivity index (χ4v) is 3.84.